The lowest BCUT2D eigenvalue weighted by molar-refractivity contribution is 0.171. The third-order valence-electron chi connectivity index (χ3n) is 1.76. The van der Waals surface area contributed by atoms with Crippen LogP contribution < -0.4 is 5.43 Å². The lowest BCUT2D eigenvalue weighted by Gasteiger charge is -2.02. The molecular weight excluding hydrogens is 196 g/mol. The molecule has 0 saturated heterocycles. The van der Waals surface area contributed by atoms with Crippen molar-refractivity contribution in [3.63, 3.8) is 0 Å². The SMILES string of the molecule is COC(=O)N/N=C(\C)c1cccc(O)c1. The molecule has 0 aromatic heterocycles. The van der Waals surface area contributed by atoms with Gasteiger partial charge in [-0.05, 0) is 19.1 Å². The Morgan fingerprint density at radius 3 is 2.87 bits per heavy atom. The number of benzene rings is 1. The fraction of sp³-hybridized carbons (Fsp3) is 0.200. The zero-order valence-corrected chi connectivity index (χ0v) is 8.52. The number of aromatic hydroxyl groups is 1. The van der Waals surface area contributed by atoms with Crippen LogP contribution in [0.3, 0.4) is 0 Å². The summed E-state index contributed by atoms with van der Waals surface area (Å²) in [6.07, 6.45) is -0.630. The Hall–Kier alpha value is -2.04. The van der Waals surface area contributed by atoms with Crippen LogP contribution in [0.15, 0.2) is 29.4 Å². The monoisotopic (exact) mass is 208 g/mol. The minimum Gasteiger partial charge on any atom is -0.508 e. The third-order valence-corrected chi connectivity index (χ3v) is 1.76. The van der Waals surface area contributed by atoms with Gasteiger partial charge in [0.1, 0.15) is 5.75 Å². The summed E-state index contributed by atoms with van der Waals surface area (Å²) in [7, 11) is 1.26. The summed E-state index contributed by atoms with van der Waals surface area (Å²) in [6, 6.07) is 6.58. The summed E-state index contributed by atoms with van der Waals surface area (Å²) in [5, 5.41) is 13.0. The molecule has 5 heteroatoms. The highest BCUT2D eigenvalue weighted by Gasteiger charge is 2.00. The highest BCUT2D eigenvalue weighted by atomic mass is 16.5. The van der Waals surface area contributed by atoms with Gasteiger partial charge in [0.2, 0.25) is 0 Å². The summed E-state index contributed by atoms with van der Waals surface area (Å²) in [6.45, 7) is 1.71. The van der Waals surface area contributed by atoms with E-state index in [9.17, 15) is 9.90 Å². The second-order valence-electron chi connectivity index (χ2n) is 2.85. The zero-order chi connectivity index (χ0) is 11.3. The molecule has 0 spiro atoms. The fourth-order valence-electron chi connectivity index (χ4n) is 0.971. The van der Waals surface area contributed by atoms with E-state index in [1.165, 1.54) is 7.11 Å². The number of carbonyl (C=O) groups excluding carboxylic acids is 1. The highest BCUT2D eigenvalue weighted by molar-refractivity contribution is 5.99. The molecule has 1 rings (SSSR count). The fourth-order valence-corrected chi connectivity index (χ4v) is 0.971. The number of rotatable bonds is 2. The number of nitrogens with one attached hydrogen (secondary N) is 1. The van der Waals surface area contributed by atoms with Crippen LogP contribution in [0.4, 0.5) is 4.79 Å². The second-order valence-corrected chi connectivity index (χ2v) is 2.85. The first kappa shape index (κ1) is 11.0. The van der Waals surface area contributed by atoms with Gasteiger partial charge in [0, 0.05) is 5.56 Å². The van der Waals surface area contributed by atoms with Crippen molar-refractivity contribution < 1.29 is 14.6 Å². The number of phenols is 1. The van der Waals surface area contributed by atoms with Gasteiger partial charge in [-0.15, -0.1) is 0 Å². The van der Waals surface area contributed by atoms with Gasteiger partial charge in [0.05, 0.1) is 12.8 Å². The van der Waals surface area contributed by atoms with Crippen LogP contribution in [-0.2, 0) is 4.74 Å². The van der Waals surface area contributed by atoms with Gasteiger partial charge in [0.15, 0.2) is 0 Å². The Bertz CT molecular complexity index is 388. The molecule has 80 valence electrons. The Labute approximate surface area is 87.4 Å². The maximum Gasteiger partial charge on any atom is 0.427 e. The van der Waals surface area contributed by atoms with Gasteiger partial charge in [-0.25, -0.2) is 10.2 Å². The van der Waals surface area contributed by atoms with Crippen molar-refractivity contribution in [3.8, 4) is 5.75 Å². The molecule has 1 amide bonds. The number of hydrazone groups is 1. The molecule has 0 aliphatic heterocycles. The minimum absolute atomic E-state index is 0.153. The van der Waals surface area contributed by atoms with E-state index in [0.29, 0.717) is 5.71 Å². The smallest absolute Gasteiger partial charge is 0.427 e. The lowest BCUT2D eigenvalue weighted by Crippen LogP contribution is -2.18. The van der Waals surface area contributed by atoms with Crippen molar-refractivity contribution in [1.82, 2.24) is 5.43 Å². The topological polar surface area (TPSA) is 70.9 Å². The number of ether oxygens (including phenoxy) is 1. The van der Waals surface area contributed by atoms with Gasteiger partial charge in [-0.2, -0.15) is 5.10 Å². The molecule has 0 heterocycles. The van der Waals surface area contributed by atoms with E-state index in [0.717, 1.165) is 5.56 Å². The molecule has 0 aliphatic carbocycles. The van der Waals surface area contributed by atoms with Crippen LogP contribution in [0.2, 0.25) is 0 Å². The average Bonchev–Trinajstić information content (AvgIpc) is 2.25. The summed E-state index contributed by atoms with van der Waals surface area (Å²) in [5.74, 6) is 0.153. The van der Waals surface area contributed by atoms with Crippen LogP contribution in [0.1, 0.15) is 12.5 Å². The molecule has 0 atom stereocenters. The van der Waals surface area contributed by atoms with Gasteiger partial charge < -0.3 is 9.84 Å². The summed E-state index contributed by atoms with van der Waals surface area (Å²) in [5.41, 5.74) is 3.50. The summed E-state index contributed by atoms with van der Waals surface area (Å²) in [4.78, 5) is 10.7. The first-order valence-electron chi connectivity index (χ1n) is 4.31. The molecule has 0 aliphatic rings. The first-order chi connectivity index (χ1) is 7.13. The molecule has 1 aromatic rings. The Kier molecular flexibility index (Phi) is 3.68. The standard InChI is InChI=1S/C10H12N2O3/c1-7(11-12-10(14)15-2)8-4-3-5-9(13)6-8/h3-6,13H,1-2H3,(H,12,14)/b11-7+. The number of amides is 1. The van der Waals surface area contributed by atoms with Crippen molar-refractivity contribution >= 4 is 11.8 Å². The van der Waals surface area contributed by atoms with Crippen LogP contribution >= 0.6 is 0 Å². The van der Waals surface area contributed by atoms with E-state index in [1.807, 2.05) is 0 Å². The van der Waals surface area contributed by atoms with Crippen molar-refractivity contribution in [2.75, 3.05) is 7.11 Å². The Morgan fingerprint density at radius 1 is 1.53 bits per heavy atom. The van der Waals surface area contributed by atoms with Gasteiger partial charge in [-0.1, -0.05) is 12.1 Å². The Morgan fingerprint density at radius 2 is 2.27 bits per heavy atom. The van der Waals surface area contributed by atoms with Crippen LogP contribution in [0.25, 0.3) is 0 Å². The average molecular weight is 208 g/mol. The molecule has 1 aromatic carbocycles. The zero-order valence-electron chi connectivity index (χ0n) is 8.52. The molecule has 15 heavy (non-hydrogen) atoms. The molecule has 0 radical (unpaired) electrons. The maximum absolute atomic E-state index is 10.7. The number of hydrogen-bond donors (Lipinski definition) is 2. The molecule has 0 bridgehead atoms. The van der Waals surface area contributed by atoms with Crippen LogP contribution in [-0.4, -0.2) is 24.0 Å². The molecule has 0 unspecified atom stereocenters. The summed E-state index contributed by atoms with van der Waals surface area (Å²) >= 11 is 0. The predicted octanol–water partition coefficient (Wildman–Crippen LogP) is 1.47. The second kappa shape index (κ2) is 4.99. The molecule has 2 N–H and O–H groups in total. The number of phenolic OH excluding ortho intramolecular Hbond substituents is 1. The maximum atomic E-state index is 10.7. The quantitative estimate of drug-likeness (QED) is 0.571. The third kappa shape index (κ3) is 3.30. The van der Waals surface area contributed by atoms with Gasteiger partial charge in [-0.3, -0.25) is 0 Å². The number of nitrogens with zero attached hydrogens (tertiary/aromatic N) is 1. The van der Waals surface area contributed by atoms with Crippen molar-refractivity contribution in [3.05, 3.63) is 29.8 Å². The predicted molar refractivity (Wildman–Crippen MR) is 55.9 cm³/mol. The van der Waals surface area contributed by atoms with E-state index in [1.54, 1.807) is 31.2 Å². The van der Waals surface area contributed by atoms with Crippen LogP contribution in [0, 0.1) is 0 Å². The van der Waals surface area contributed by atoms with E-state index in [2.05, 4.69) is 15.3 Å². The molecule has 0 saturated carbocycles. The number of carbonyl (C=O) groups is 1. The lowest BCUT2D eigenvalue weighted by atomic mass is 10.1. The number of hydrogen-bond acceptors (Lipinski definition) is 4. The van der Waals surface area contributed by atoms with Crippen molar-refractivity contribution in [2.45, 2.75) is 6.92 Å². The van der Waals surface area contributed by atoms with E-state index >= 15 is 0 Å². The van der Waals surface area contributed by atoms with Gasteiger partial charge in [0.25, 0.3) is 0 Å². The number of methoxy groups -OCH3 is 1. The summed E-state index contributed by atoms with van der Waals surface area (Å²) < 4.78 is 4.35. The molecule has 5 nitrogen and oxygen atoms in total. The normalized spacial score (nSPS) is 10.9. The first-order valence-corrected chi connectivity index (χ1v) is 4.31. The van der Waals surface area contributed by atoms with Crippen molar-refractivity contribution in [2.24, 2.45) is 5.10 Å². The minimum atomic E-state index is -0.630. The van der Waals surface area contributed by atoms with E-state index in [-0.39, 0.29) is 5.75 Å². The van der Waals surface area contributed by atoms with Gasteiger partial charge >= 0.3 is 6.09 Å². The largest absolute Gasteiger partial charge is 0.508 e. The van der Waals surface area contributed by atoms with E-state index in [4.69, 9.17) is 0 Å². The van der Waals surface area contributed by atoms with E-state index < -0.39 is 6.09 Å². The highest BCUT2D eigenvalue weighted by Crippen LogP contribution is 2.11. The van der Waals surface area contributed by atoms with Crippen molar-refractivity contribution in [1.29, 1.82) is 0 Å². The molecule has 0 fully saturated rings. The van der Waals surface area contributed by atoms with Crippen LogP contribution in [0.5, 0.6) is 5.75 Å². The molecular formula is C10H12N2O3. The Balaban J connectivity index is 2.75.